The fraction of sp³-hybridized carbons (Fsp3) is 0.500. The minimum atomic E-state index is -0.0852. The lowest BCUT2D eigenvalue weighted by Gasteiger charge is -2.30. The van der Waals surface area contributed by atoms with Crippen LogP contribution in [0.1, 0.15) is 23.5 Å². The van der Waals surface area contributed by atoms with Crippen LogP contribution in [-0.2, 0) is 9.53 Å². The highest BCUT2D eigenvalue weighted by Gasteiger charge is 2.32. The molecular weight excluding hydrogens is 214 g/mol. The van der Waals surface area contributed by atoms with Crippen LogP contribution in [0.2, 0.25) is 0 Å². The van der Waals surface area contributed by atoms with Crippen molar-refractivity contribution in [2.75, 3.05) is 20.2 Å². The number of hydrogen-bond acceptors (Lipinski definition) is 3. The second-order valence-electron chi connectivity index (χ2n) is 4.64. The molecule has 0 aromatic heterocycles. The fourth-order valence-corrected chi connectivity index (χ4v) is 2.54. The summed E-state index contributed by atoms with van der Waals surface area (Å²) in [7, 11) is 1.47. The molecule has 2 atom stereocenters. The van der Waals surface area contributed by atoms with E-state index in [-0.39, 0.29) is 17.8 Å². The predicted molar refractivity (Wildman–Crippen MR) is 66.9 cm³/mol. The van der Waals surface area contributed by atoms with Gasteiger partial charge in [-0.15, -0.1) is 0 Å². The average molecular weight is 233 g/mol. The summed E-state index contributed by atoms with van der Waals surface area (Å²) in [6.45, 7) is 3.82. The van der Waals surface area contributed by atoms with E-state index < -0.39 is 0 Å². The Morgan fingerprint density at radius 2 is 2.29 bits per heavy atom. The molecular formula is C14H19NO2. The summed E-state index contributed by atoms with van der Waals surface area (Å²) in [5.41, 5.74) is 2.46. The number of nitrogens with one attached hydrogen (secondary N) is 1. The van der Waals surface area contributed by atoms with Crippen LogP contribution in [-0.4, -0.2) is 26.2 Å². The fourth-order valence-electron chi connectivity index (χ4n) is 2.54. The molecule has 1 aromatic rings. The third kappa shape index (κ3) is 2.67. The number of esters is 1. The molecule has 0 bridgehead atoms. The molecule has 1 aliphatic rings. The monoisotopic (exact) mass is 233 g/mol. The Kier molecular flexibility index (Phi) is 3.79. The number of piperidine rings is 1. The third-order valence-corrected chi connectivity index (χ3v) is 3.46. The number of benzene rings is 1. The second-order valence-corrected chi connectivity index (χ2v) is 4.64. The molecule has 92 valence electrons. The van der Waals surface area contributed by atoms with Gasteiger partial charge in [-0.1, -0.05) is 29.8 Å². The molecule has 0 aliphatic carbocycles. The summed E-state index contributed by atoms with van der Waals surface area (Å²) in [5.74, 6) is 0.136. The molecule has 3 nitrogen and oxygen atoms in total. The van der Waals surface area contributed by atoms with Crippen LogP contribution in [0.5, 0.6) is 0 Å². The summed E-state index contributed by atoms with van der Waals surface area (Å²) in [4.78, 5) is 11.8. The Morgan fingerprint density at radius 3 is 3.00 bits per heavy atom. The molecule has 0 saturated carbocycles. The van der Waals surface area contributed by atoms with Crippen LogP contribution in [0, 0.1) is 12.8 Å². The average Bonchev–Trinajstić information content (AvgIpc) is 2.38. The summed E-state index contributed by atoms with van der Waals surface area (Å²) >= 11 is 0. The standard InChI is InChI=1S/C14H19NO2/c1-10-4-3-5-11(8-10)13-9-15-7-6-12(13)14(16)17-2/h3-5,8,12-13,15H,6-7,9H2,1-2H3. The van der Waals surface area contributed by atoms with Gasteiger partial charge in [-0.25, -0.2) is 0 Å². The van der Waals surface area contributed by atoms with E-state index in [0.717, 1.165) is 19.5 Å². The first-order valence-corrected chi connectivity index (χ1v) is 6.07. The molecule has 1 aliphatic heterocycles. The first-order valence-electron chi connectivity index (χ1n) is 6.07. The van der Waals surface area contributed by atoms with Gasteiger partial charge in [-0.2, -0.15) is 0 Å². The van der Waals surface area contributed by atoms with Crippen molar-refractivity contribution in [3.8, 4) is 0 Å². The Balaban J connectivity index is 2.24. The van der Waals surface area contributed by atoms with Gasteiger partial charge in [0, 0.05) is 12.5 Å². The third-order valence-electron chi connectivity index (χ3n) is 3.46. The lowest BCUT2D eigenvalue weighted by Crippen LogP contribution is -2.39. The van der Waals surface area contributed by atoms with E-state index >= 15 is 0 Å². The van der Waals surface area contributed by atoms with Crippen LogP contribution in [0.15, 0.2) is 24.3 Å². The molecule has 1 fully saturated rings. The van der Waals surface area contributed by atoms with Crippen molar-refractivity contribution in [2.45, 2.75) is 19.3 Å². The summed E-state index contributed by atoms with van der Waals surface area (Å²) in [5, 5.41) is 3.35. The molecule has 2 unspecified atom stereocenters. The lowest BCUT2D eigenvalue weighted by atomic mass is 9.81. The van der Waals surface area contributed by atoms with Crippen molar-refractivity contribution >= 4 is 5.97 Å². The number of methoxy groups -OCH3 is 1. The van der Waals surface area contributed by atoms with E-state index in [1.165, 1.54) is 18.2 Å². The molecule has 2 rings (SSSR count). The van der Waals surface area contributed by atoms with Gasteiger partial charge in [0.2, 0.25) is 0 Å². The molecule has 1 aromatic carbocycles. The van der Waals surface area contributed by atoms with Crippen molar-refractivity contribution in [1.29, 1.82) is 0 Å². The van der Waals surface area contributed by atoms with Crippen LogP contribution in [0.3, 0.4) is 0 Å². The van der Waals surface area contributed by atoms with Gasteiger partial charge in [0.25, 0.3) is 0 Å². The Hall–Kier alpha value is -1.35. The van der Waals surface area contributed by atoms with Gasteiger partial charge in [-0.3, -0.25) is 4.79 Å². The van der Waals surface area contributed by atoms with E-state index in [1.54, 1.807) is 0 Å². The quantitative estimate of drug-likeness (QED) is 0.792. The minimum absolute atomic E-state index is 0.0111. The van der Waals surface area contributed by atoms with E-state index in [0.29, 0.717) is 0 Å². The number of aryl methyl sites for hydroxylation is 1. The predicted octanol–water partition coefficient (Wildman–Crippen LogP) is 1.86. The number of hydrogen-bond donors (Lipinski definition) is 1. The van der Waals surface area contributed by atoms with Crippen molar-refractivity contribution in [2.24, 2.45) is 5.92 Å². The topological polar surface area (TPSA) is 38.3 Å². The highest BCUT2D eigenvalue weighted by atomic mass is 16.5. The molecule has 1 saturated heterocycles. The van der Waals surface area contributed by atoms with Crippen LogP contribution < -0.4 is 5.32 Å². The van der Waals surface area contributed by atoms with Crippen molar-refractivity contribution in [3.63, 3.8) is 0 Å². The highest BCUT2D eigenvalue weighted by Crippen LogP contribution is 2.30. The highest BCUT2D eigenvalue weighted by molar-refractivity contribution is 5.73. The van der Waals surface area contributed by atoms with Crippen LogP contribution >= 0.6 is 0 Å². The molecule has 0 radical (unpaired) electrons. The number of carbonyl (C=O) groups is 1. The zero-order valence-corrected chi connectivity index (χ0v) is 10.4. The lowest BCUT2D eigenvalue weighted by molar-refractivity contribution is -0.147. The molecule has 0 amide bonds. The molecule has 17 heavy (non-hydrogen) atoms. The van der Waals surface area contributed by atoms with E-state index in [1.807, 2.05) is 6.07 Å². The molecule has 3 heteroatoms. The van der Waals surface area contributed by atoms with Crippen LogP contribution in [0.25, 0.3) is 0 Å². The van der Waals surface area contributed by atoms with Crippen molar-refractivity contribution < 1.29 is 9.53 Å². The van der Waals surface area contributed by atoms with E-state index in [2.05, 4.69) is 30.4 Å². The van der Waals surface area contributed by atoms with Crippen molar-refractivity contribution in [3.05, 3.63) is 35.4 Å². The van der Waals surface area contributed by atoms with Gasteiger partial charge < -0.3 is 10.1 Å². The maximum Gasteiger partial charge on any atom is 0.309 e. The Labute approximate surface area is 102 Å². The van der Waals surface area contributed by atoms with Gasteiger partial charge >= 0.3 is 5.97 Å². The number of ether oxygens (including phenoxy) is 1. The summed E-state index contributed by atoms with van der Waals surface area (Å²) < 4.78 is 4.90. The zero-order valence-electron chi connectivity index (χ0n) is 10.4. The van der Waals surface area contributed by atoms with Crippen LogP contribution in [0.4, 0.5) is 0 Å². The van der Waals surface area contributed by atoms with Crippen molar-refractivity contribution in [1.82, 2.24) is 5.32 Å². The minimum Gasteiger partial charge on any atom is -0.469 e. The second kappa shape index (κ2) is 5.32. The van der Waals surface area contributed by atoms with Gasteiger partial charge in [-0.05, 0) is 25.5 Å². The van der Waals surface area contributed by atoms with Gasteiger partial charge in [0.15, 0.2) is 0 Å². The Morgan fingerprint density at radius 1 is 1.47 bits per heavy atom. The zero-order chi connectivity index (χ0) is 12.3. The van der Waals surface area contributed by atoms with E-state index in [9.17, 15) is 4.79 Å². The number of rotatable bonds is 2. The first-order chi connectivity index (χ1) is 8.22. The molecule has 0 spiro atoms. The number of carbonyl (C=O) groups excluding carboxylic acids is 1. The Bertz CT molecular complexity index is 403. The maximum atomic E-state index is 11.8. The molecule has 1 heterocycles. The summed E-state index contributed by atoms with van der Waals surface area (Å²) in [6, 6.07) is 8.38. The SMILES string of the molecule is COC(=O)C1CCNCC1c1cccc(C)c1. The largest absolute Gasteiger partial charge is 0.469 e. The van der Waals surface area contributed by atoms with Gasteiger partial charge in [0.1, 0.15) is 0 Å². The van der Waals surface area contributed by atoms with Gasteiger partial charge in [0.05, 0.1) is 13.0 Å². The molecule has 1 N–H and O–H groups in total. The first kappa shape index (κ1) is 12.1. The summed E-state index contributed by atoms with van der Waals surface area (Å²) in [6.07, 6.45) is 0.852. The smallest absolute Gasteiger partial charge is 0.309 e. The maximum absolute atomic E-state index is 11.8. The normalized spacial score (nSPS) is 24.4. The van der Waals surface area contributed by atoms with E-state index in [4.69, 9.17) is 4.74 Å².